The minimum atomic E-state index is -0.541. The van der Waals surface area contributed by atoms with Crippen LogP contribution in [0.15, 0.2) is 24.3 Å². The number of nitrogens with zero attached hydrogens (tertiary/aromatic N) is 3. The minimum Gasteiger partial charge on any atom is -0.338 e. The molecule has 2 N–H and O–H groups in total. The lowest BCUT2D eigenvalue weighted by Crippen LogP contribution is -2.53. The van der Waals surface area contributed by atoms with Gasteiger partial charge in [0, 0.05) is 38.3 Å². The summed E-state index contributed by atoms with van der Waals surface area (Å²) in [6, 6.07) is 6.31. The summed E-state index contributed by atoms with van der Waals surface area (Å²) in [4.78, 5) is 53.6. The maximum atomic E-state index is 13.1. The monoisotopic (exact) mass is 415 g/mol. The second-order valence-electron chi connectivity index (χ2n) is 7.79. The van der Waals surface area contributed by atoms with E-state index in [4.69, 9.17) is 0 Å². The fraction of sp³-hybridized carbons (Fsp3) is 0.524. The normalized spacial score (nSPS) is 20.9. The van der Waals surface area contributed by atoms with Crippen LogP contribution in [0.25, 0.3) is 0 Å². The lowest BCUT2D eigenvalue weighted by molar-refractivity contribution is -0.134. The lowest BCUT2D eigenvalue weighted by Gasteiger charge is -2.35. The zero-order valence-corrected chi connectivity index (χ0v) is 17.5. The first kappa shape index (κ1) is 21.9. The molecular formula is C21H29N5O4. The van der Waals surface area contributed by atoms with Gasteiger partial charge in [0.1, 0.15) is 6.04 Å². The molecule has 30 heavy (non-hydrogen) atoms. The number of hydrogen-bond acceptors (Lipinski definition) is 6. The number of carbonyl (C=O) groups is 4. The zero-order valence-electron chi connectivity index (χ0n) is 17.5. The second kappa shape index (κ2) is 9.82. The molecule has 1 aromatic rings. The van der Waals surface area contributed by atoms with Gasteiger partial charge in [-0.1, -0.05) is 12.1 Å². The van der Waals surface area contributed by atoms with Crippen LogP contribution in [0, 0.1) is 0 Å². The summed E-state index contributed by atoms with van der Waals surface area (Å²) in [6.07, 6.45) is 1.65. The number of nitrogens with one attached hydrogen (secondary N) is 2. The molecule has 0 spiro atoms. The maximum Gasteiger partial charge on any atom is 0.245 e. The zero-order chi connectivity index (χ0) is 21.7. The molecule has 9 heteroatoms. The quantitative estimate of drug-likeness (QED) is 0.575. The van der Waals surface area contributed by atoms with Gasteiger partial charge in [0.05, 0.1) is 6.04 Å². The molecule has 2 fully saturated rings. The van der Waals surface area contributed by atoms with Gasteiger partial charge in [-0.2, -0.15) is 0 Å². The Bertz CT molecular complexity index is 789. The summed E-state index contributed by atoms with van der Waals surface area (Å²) in [7, 11) is 3.69. The van der Waals surface area contributed by atoms with E-state index >= 15 is 0 Å². The van der Waals surface area contributed by atoms with Crippen molar-refractivity contribution < 1.29 is 19.2 Å². The highest BCUT2D eigenvalue weighted by Gasteiger charge is 2.39. The predicted molar refractivity (Wildman–Crippen MR) is 112 cm³/mol. The van der Waals surface area contributed by atoms with Crippen LogP contribution >= 0.6 is 0 Å². The number of likely N-dealkylation sites (N-methyl/N-ethyl adjacent to an activating group) is 2. The van der Waals surface area contributed by atoms with Gasteiger partial charge in [0.15, 0.2) is 0 Å². The summed E-state index contributed by atoms with van der Waals surface area (Å²) in [6.45, 7) is 3.04. The van der Waals surface area contributed by atoms with Gasteiger partial charge in [-0.25, -0.2) is 0 Å². The van der Waals surface area contributed by atoms with Crippen LogP contribution in [0.4, 0.5) is 5.69 Å². The van der Waals surface area contributed by atoms with Gasteiger partial charge >= 0.3 is 0 Å². The van der Waals surface area contributed by atoms with Crippen LogP contribution in [-0.2, 0) is 25.6 Å². The van der Waals surface area contributed by atoms with E-state index in [1.54, 1.807) is 11.9 Å². The standard InChI is InChI=1S/C21H29N5O4/c1-22-17(20(29)23-14-27)13-15-3-5-16(6-4-15)26-18(7-8-19(26)28)21(30)25-11-9-24(2)10-12-25/h3-6,14,17-18,22H,7-13H2,1-2H3,(H,23,27,29). The SMILES string of the molecule is CNC(Cc1ccc(N2C(=O)CCC2C(=O)N2CCN(C)CC2)cc1)C(=O)NC=O. The van der Waals surface area contributed by atoms with E-state index in [1.165, 1.54) is 0 Å². The van der Waals surface area contributed by atoms with E-state index in [1.807, 2.05) is 36.2 Å². The van der Waals surface area contributed by atoms with Gasteiger partial charge < -0.3 is 15.1 Å². The molecule has 1 aromatic carbocycles. The van der Waals surface area contributed by atoms with Crippen molar-refractivity contribution in [3.8, 4) is 0 Å². The molecule has 0 bridgehead atoms. The molecule has 0 aromatic heterocycles. The van der Waals surface area contributed by atoms with Crippen LogP contribution < -0.4 is 15.5 Å². The third-order valence-electron chi connectivity index (χ3n) is 5.83. The summed E-state index contributed by atoms with van der Waals surface area (Å²) < 4.78 is 0. The summed E-state index contributed by atoms with van der Waals surface area (Å²) >= 11 is 0. The average molecular weight is 415 g/mol. The molecule has 0 radical (unpaired) electrons. The van der Waals surface area contributed by atoms with Crippen LogP contribution in [0.3, 0.4) is 0 Å². The number of anilines is 1. The van der Waals surface area contributed by atoms with Gasteiger partial charge in [-0.15, -0.1) is 0 Å². The molecule has 2 aliphatic rings. The van der Waals surface area contributed by atoms with Gasteiger partial charge in [0.2, 0.25) is 24.1 Å². The Kier molecular flexibility index (Phi) is 7.17. The Balaban J connectivity index is 1.70. The molecule has 162 valence electrons. The molecule has 2 unspecified atom stereocenters. The Hall–Kier alpha value is -2.78. The van der Waals surface area contributed by atoms with Crippen molar-refractivity contribution in [2.75, 3.05) is 45.2 Å². The van der Waals surface area contributed by atoms with Crippen molar-refractivity contribution in [3.63, 3.8) is 0 Å². The molecule has 2 aliphatic heterocycles. The highest BCUT2D eigenvalue weighted by atomic mass is 16.2. The van der Waals surface area contributed by atoms with Gasteiger partial charge in [-0.3, -0.25) is 29.4 Å². The average Bonchev–Trinajstić information content (AvgIpc) is 3.14. The van der Waals surface area contributed by atoms with Crippen LogP contribution in [0.5, 0.6) is 0 Å². The second-order valence-corrected chi connectivity index (χ2v) is 7.79. The molecule has 0 saturated carbocycles. The van der Waals surface area contributed by atoms with Crippen molar-refractivity contribution in [1.82, 2.24) is 20.4 Å². The largest absolute Gasteiger partial charge is 0.338 e. The fourth-order valence-electron chi connectivity index (χ4n) is 3.99. The van der Waals surface area contributed by atoms with Crippen LogP contribution in [0.2, 0.25) is 0 Å². The molecule has 2 heterocycles. The molecule has 0 aliphatic carbocycles. The van der Waals surface area contributed by atoms with E-state index < -0.39 is 18.0 Å². The van der Waals surface area contributed by atoms with Crippen LogP contribution in [-0.4, -0.2) is 86.3 Å². The Morgan fingerprint density at radius 3 is 2.43 bits per heavy atom. The van der Waals surface area contributed by atoms with Gasteiger partial charge in [0.25, 0.3) is 0 Å². The third kappa shape index (κ3) is 4.85. The smallest absolute Gasteiger partial charge is 0.245 e. The number of imide groups is 1. The van der Waals surface area contributed by atoms with Crippen molar-refractivity contribution in [2.45, 2.75) is 31.3 Å². The van der Waals surface area contributed by atoms with E-state index in [9.17, 15) is 19.2 Å². The topological polar surface area (TPSA) is 102 Å². The fourth-order valence-corrected chi connectivity index (χ4v) is 3.99. The molecule has 4 amide bonds. The van der Waals surface area contributed by atoms with E-state index in [2.05, 4.69) is 15.5 Å². The van der Waals surface area contributed by atoms with E-state index in [-0.39, 0.29) is 11.8 Å². The van der Waals surface area contributed by atoms with Crippen molar-refractivity contribution in [3.05, 3.63) is 29.8 Å². The number of amides is 4. The van der Waals surface area contributed by atoms with E-state index in [0.717, 1.165) is 18.7 Å². The molecular weight excluding hydrogens is 386 g/mol. The maximum absolute atomic E-state index is 13.1. The van der Waals surface area contributed by atoms with Crippen LogP contribution in [0.1, 0.15) is 18.4 Å². The first-order valence-corrected chi connectivity index (χ1v) is 10.2. The number of hydrogen-bond donors (Lipinski definition) is 2. The number of piperazine rings is 1. The van der Waals surface area contributed by atoms with Crippen molar-refractivity contribution >= 4 is 29.8 Å². The number of rotatable bonds is 7. The van der Waals surface area contributed by atoms with Crippen molar-refractivity contribution in [2.24, 2.45) is 0 Å². The molecule has 9 nitrogen and oxygen atoms in total. The summed E-state index contributed by atoms with van der Waals surface area (Å²) in [5.74, 6) is -0.434. The van der Waals surface area contributed by atoms with Gasteiger partial charge in [-0.05, 0) is 44.6 Å². The van der Waals surface area contributed by atoms with Crippen molar-refractivity contribution in [1.29, 1.82) is 0 Å². The first-order valence-electron chi connectivity index (χ1n) is 10.2. The third-order valence-corrected chi connectivity index (χ3v) is 5.83. The first-order chi connectivity index (χ1) is 14.4. The minimum absolute atomic E-state index is 0.0128. The van der Waals surface area contributed by atoms with E-state index in [0.29, 0.717) is 44.4 Å². The molecule has 2 atom stereocenters. The Morgan fingerprint density at radius 2 is 1.83 bits per heavy atom. The summed E-state index contributed by atoms with van der Waals surface area (Å²) in [5, 5.41) is 5.04. The highest BCUT2D eigenvalue weighted by molar-refractivity contribution is 6.03. The predicted octanol–water partition coefficient (Wildman–Crippen LogP) is -0.641. The number of benzene rings is 1. The highest BCUT2D eigenvalue weighted by Crippen LogP contribution is 2.28. The Labute approximate surface area is 176 Å². The summed E-state index contributed by atoms with van der Waals surface area (Å²) in [5.41, 5.74) is 1.57. The lowest BCUT2D eigenvalue weighted by atomic mass is 10.0. The molecule has 3 rings (SSSR count). The molecule has 2 saturated heterocycles. The Morgan fingerprint density at radius 1 is 1.17 bits per heavy atom. The number of carbonyl (C=O) groups excluding carboxylic acids is 4.